The summed E-state index contributed by atoms with van der Waals surface area (Å²) < 4.78 is 14.7. The van der Waals surface area contributed by atoms with Gasteiger partial charge in [0, 0.05) is 145 Å². The molecular weight excluding hydrogens is 1820 g/mol. The highest BCUT2D eigenvalue weighted by molar-refractivity contribution is 9.09. The maximum absolute atomic E-state index is 12.3. The zero-order chi connectivity index (χ0) is 92.9. The molecule has 0 spiro atoms. The van der Waals surface area contributed by atoms with Gasteiger partial charge in [-0.05, 0) is 189 Å². The fourth-order valence-electron chi connectivity index (χ4n) is 17.3. The molecule has 6 N–H and O–H groups in total. The van der Waals surface area contributed by atoms with Crippen LogP contribution in [0.3, 0.4) is 0 Å². The van der Waals surface area contributed by atoms with E-state index in [1.807, 2.05) is 72.8 Å². The molecule has 3 saturated heterocycles. The minimum Gasteiger partial charge on any atom is -0.508 e. The number of rotatable bonds is 18. The molecule has 36 nitrogen and oxygen atoms in total. The Kier molecular flexibility index (Phi) is 28.6. The van der Waals surface area contributed by atoms with E-state index in [0.29, 0.717) is 87.0 Å². The highest BCUT2D eigenvalue weighted by Gasteiger charge is 2.34. The number of aliphatic carboxylic acids is 1. The van der Waals surface area contributed by atoms with E-state index < -0.39 is 5.97 Å². The van der Waals surface area contributed by atoms with Crippen LogP contribution in [0.25, 0.3) is 44.7 Å². The summed E-state index contributed by atoms with van der Waals surface area (Å²) in [5.41, 5.74) is 18.1. The monoisotopic (exact) mass is 1910 g/mol. The number of alkyl halides is 1. The Hall–Kier alpha value is -14.6. The molecule has 39 heteroatoms. The number of carboxylic acid groups (broad SMARTS) is 1. The number of phenols is 3. The number of imidazole rings is 4. The topological polar surface area (TPSA) is 394 Å². The maximum Gasteiger partial charge on any atom is 0.326 e. The first-order valence-corrected chi connectivity index (χ1v) is 46.2. The van der Waals surface area contributed by atoms with Crippen LogP contribution in [0, 0.1) is 0 Å². The standard InChI is InChI=1S/C27H29N7O3.C25H25N7O3.C16H14ClN5O.C13H10ClN5.C10H14N2O.C4H7BrO2/c1-2-37-23(36)17-33-18-28-24-25(33)29-27(30-26(24)34-12-11-19-5-3-4-6-22(19)34)32-15-13-31(14-16-32)20-7-9-21(35)10-8-20;33-19-7-5-18(6-8-19)29-11-13-30(14-12-29)25-27-23-22(26-16-31(23)15-21(34)35)24(28-25)32-10-9-17-3-1-2-4-20(17)32;1-10(23)8-21-9-18-13-14(21)19-16(17)20-15(13)22-7-6-11-4-2-3-5-12(11)22;14-13-17-11-10(15-7-16-11)12(18-13)19-6-5-8-3-1-2-4-9(8)19;13-10-3-1-9(2-4-10)12-7-5-11-6-8-12;1-2-7-4(6)3-5/h3-10,18,35H,2,11-17H2,1H3;1-8,16,33H,9-15H2,(H,34,35);2-5,9H,6-8H2,1H3;1-4,7H,5-6H2,(H,15,16,17,18);1-4,11,13H,5-8H2;2-3H2,1H3. The molecule has 690 valence electrons. The summed E-state index contributed by atoms with van der Waals surface area (Å²) >= 11 is 15.0. The van der Waals surface area contributed by atoms with E-state index in [9.17, 15) is 34.5 Å². The zero-order valence-electron chi connectivity index (χ0n) is 74.0. The molecule has 134 heavy (non-hydrogen) atoms. The molecule has 7 aromatic carbocycles. The SMILES string of the molecule is CC(=O)Cn1cnc2c(N3CCc4ccccc43)nc(Cl)nc21.CCOC(=O)CBr.CCOC(=O)Cn1cnc2c(N3CCc4ccccc43)nc(N3CCN(c4ccc(O)cc4)CC3)nc21.Clc1nc(N2CCc3ccccc32)c2[nH]cnc2n1.O=C(O)Cn1cnc2c(N3CCc4ccccc43)nc(N3CCN(c4ccc(O)cc4)CC3)nc21.Oc1ccc(N2CCNCC2)cc1. The molecule has 3 fully saturated rings. The van der Waals surface area contributed by atoms with Crippen molar-refractivity contribution in [1.29, 1.82) is 0 Å². The van der Waals surface area contributed by atoms with Crippen LogP contribution in [0.5, 0.6) is 17.2 Å². The van der Waals surface area contributed by atoms with Crippen molar-refractivity contribution < 1.29 is 49.1 Å². The van der Waals surface area contributed by atoms with Gasteiger partial charge in [0.15, 0.2) is 62.4 Å². The van der Waals surface area contributed by atoms with Crippen LogP contribution in [0.15, 0.2) is 195 Å². The van der Waals surface area contributed by atoms with Gasteiger partial charge >= 0.3 is 17.9 Å². The predicted molar refractivity (Wildman–Crippen MR) is 520 cm³/mol. The van der Waals surface area contributed by atoms with Crippen molar-refractivity contribution in [3.63, 3.8) is 0 Å². The van der Waals surface area contributed by atoms with Crippen LogP contribution in [0.4, 0.5) is 75.0 Å². The maximum atomic E-state index is 12.3. The lowest BCUT2D eigenvalue weighted by Gasteiger charge is -2.36. The van der Waals surface area contributed by atoms with Crippen LogP contribution in [0.1, 0.15) is 43.0 Å². The molecule has 15 heterocycles. The van der Waals surface area contributed by atoms with Gasteiger partial charge in [-0.2, -0.15) is 39.9 Å². The largest absolute Gasteiger partial charge is 0.508 e. The van der Waals surface area contributed by atoms with Crippen molar-refractivity contribution in [1.82, 2.24) is 83.8 Å². The van der Waals surface area contributed by atoms with Crippen molar-refractivity contribution in [2.45, 2.75) is 66.1 Å². The number of hydrogen-bond acceptors (Lipinski definition) is 31. The van der Waals surface area contributed by atoms with Crippen molar-refractivity contribution in [3.8, 4) is 17.2 Å². The molecule has 22 rings (SSSR count). The first-order valence-electron chi connectivity index (χ1n) is 44.3. The molecule has 0 amide bonds. The summed E-state index contributed by atoms with van der Waals surface area (Å²) in [5.74, 6) is 3.56. The molecule has 0 saturated carbocycles. The number of halogens is 3. The number of carbonyl (C=O) groups is 4. The number of hydrogen-bond donors (Lipinski definition) is 6. The number of H-pyrrole nitrogens is 1. The molecule has 0 atom stereocenters. The fraction of sp³-hybridized carbons (Fsp3) is 0.305. The number of aromatic amines is 1. The van der Waals surface area contributed by atoms with Gasteiger partial charge in [-0.1, -0.05) is 88.7 Å². The molecule has 0 radical (unpaired) electrons. The molecular formula is C95H99BrCl2N26O10. The number of ketones is 1. The second kappa shape index (κ2) is 41.9. The van der Waals surface area contributed by atoms with E-state index in [-0.39, 0.29) is 59.4 Å². The summed E-state index contributed by atoms with van der Waals surface area (Å²) in [7, 11) is 0. The van der Waals surface area contributed by atoms with Crippen molar-refractivity contribution >= 4 is 182 Å². The summed E-state index contributed by atoms with van der Waals surface area (Å²) in [5, 5.41) is 41.7. The van der Waals surface area contributed by atoms with Gasteiger partial charge in [0.1, 0.15) is 47.0 Å². The third-order valence-corrected chi connectivity index (χ3v) is 24.5. The number of piperazine rings is 3. The van der Waals surface area contributed by atoms with Crippen LogP contribution in [-0.2, 0) is 74.0 Å². The Morgan fingerprint density at radius 3 is 1.14 bits per heavy atom. The second-order valence-corrected chi connectivity index (χ2v) is 33.5. The molecule has 0 unspecified atom stereocenters. The van der Waals surface area contributed by atoms with E-state index in [0.717, 1.165) is 176 Å². The summed E-state index contributed by atoms with van der Waals surface area (Å²) in [6.45, 7) is 19.5. The van der Waals surface area contributed by atoms with Gasteiger partial charge in [0.2, 0.25) is 22.5 Å². The van der Waals surface area contributed by atoms with Gasteiger partial charge in [-0.15, -0.1) is 0 Å². The number of nitrogens with zero attached hydrogens (tertiary/aromatic N) is 24. The summed E-state index contributed by atoms with van der Waals surface area (Å²) in [6, 6.07) is 55.1. The van der Waals surface area contributed by atoms with Crippen LogP contribution >= 0.6 is 39.1 Å². The number of benzene rings is 7. The highest BCUT2D eigenvalue weighted by atomic mass is 79.9. The Morgan fingerprint density at radius 2 is 0.746 bits per heavy atom. The number of para-hydroxylation sites is 4. The van der Waals surface area contributed by atoms with Crippen molar-refractivity contribution in [3.05, 3.63) is 228 Å². The number of aromatic hydroxyl groups is 3. The first kappa shape index (κ1) is 91.3. The Bertz CT molecular complexity index is 6690. The van der Waals surface area contributed by atoms with E-state index in [4.69, 9.17) is 53.0 Å². The number of carbonyl (C=O) groups excluding carboxylic acids is 3. The van der Waals surface area contributed by atoms with Gasteiger partial charge < -0.3 is 98.0 Å². The lowest BCUT2D eigenvalue weighted by atomic mass is 10.2. The van der Waals surface area contributed by atoms with Gasteiger partial charge in [0.05, 0.1) is 45.1 Å². The number of aromatic nitrogens is 16. The number of carboxylic acids is 1. The van der Waals surface area contributed by atoms with E-state index in [2.05, 4.69) is 176 Å². The number of fused-ring (bicyclic) bond motifs is 8. The van der Waals surface area contributed by atoms with E-state index in [1.54, 1.807) is 82.9 Å². The quantitative estimate of drug-likeness (QED) is 0.0264. The van der Waals surface area contributed by atoms with Crippen LogP contribution < -0.4 is 49.4 Å². The summed E-state index contributed by atoms with van der Waals surface area (Å²) in [4.78, 5) is 123. The molecule has 8 aromatic heterocycles. The number of Topliss-reactive ketones (excluding diaryl/α,β-unsaturated/α-hetero) is 1. The average molecular weight is 1920 g/mol. The minimum absolute atomic E-state index is 0.0344. The fourth-order valence-corrected chi connectivity index (χ4v) is 17.8. The minimum atomic E-state index is -0.944. The van der Waals surface area contributed by atoms with Crippen LogP contribution in [0.2, 0.25) is 10.6 Å². The lowest BCUT2D eigenvalue weighted by Crippen LogP contribution is -2.47. The highest BCUT2D eigenvalue weighted by Crippen LogP contribution is 2.43. The molecule has 0 aliphatic carbocycles. The second-order valence-electron chi connectivity index (χ2n) is 32.3. The number of phenolic OH excluding ortho intramolecular Hbond substituents is 3. The van der Waals surface area contributed by atoms with E-state index in [1.165, 1.54) is 46.9 Å². The smallest absolute Gasteiger partial charge is 0.326 e. The lowest BCUT2D eigenvalue weighted by molar-refractivity contribution is -0.144. The third-order valence-electron chi connectivity index (χ3n) is 23.7. The number of ether oxygens (including phenoxy) is 2. The molecule has 7 aliphatic rings. The third kappa shape index (κ3) is 20.8. The van der Waals surface area contributed by atoms with Gasteiger partial charge in [-0.25, -0.2) is 19.9 Å². The Morgan fingerprint density at radius 1 is 0.396 bits per heavy atom. The normalized spacial score (nSPS) is 14.7. The zero-order valence-corrected chi connectivity index (χ0v) is 77.1. The predicted octanol–water partition coefficient (Wildman–Crippen LogP) is 13.0. The number of esters is 2. The van der Waals surface area contributed by atoms with Crippen molar-refractivity contribution in [2.75, 3.05) is 167 Å². The number of anilines is 13. The Labute approximate surface area is 789 Å². The van der Waals surface area contributed by atoms with Gasteiger partial charge in [0.25, 0.3) is 0 Å². The average Bonchev–Trinajstić information content (AvgIpc) is 1.61. The summed E-state index contributed by atoms with van der Waals surface area (Å²) in [6.07, 6.45) is 10.2. The van der Waals surface area contributed by atoms with Gasteiger partial charge in [-0.3, -0.25) is 19.2 Å². The molecule has 15 aromatic rings. The van der Waals surface area contributed by atoms with Crippen LogP contribution in [-0.4, -0.2) is 246 Å². The molecule has 7 aliphatic heterocycles. The Balaban J connectivity index is 0.000000119. The first-order chi connectivity index (χ1) is 65.3. The van der Waals surface area contributed by atoms with Crippen molar-refractivity contribution in [2.24, 2.45) is 0 Å². The number of nitrogens with one attached hydrogen (secondary N) is 2. The molecule has 0 bridgehead atoms. The van der Waals surface area contributed by atoms with E-state index >= 15 is 0 Å².